The molecular formula is C17H17F3N2O4. The predicted octanol–water partition coefficient (Wildman–Crippen LogP) is 2.42. The Labute approximate surface area is 147 Å². The summed E-state index contributed by atoms with van der Waals surface area (Å²) in [5.41, 5.74) is -0.340. The molecule has 2 aromatic rings. The number of rotatable bonds is 6. The van der Waals surface area contributed by atoms with Gasteiger partial charge in [0.15, 0.2) is 0 Å². The topological polar surface area (TPSA) is 91.7 Å². The lowest BCUT2D eigenvalue weighted by molar-refractivity contribution is -0.137. The van der Waals surface area contributed by atoms with Crippen LogP contribution in [0.4, 0.5) is 18.0 Å². The van der Waals surface area contributed by atoms with Crippen molar-refractivity contribution < 1.29 is 32.9 Å². The van der Waals surface area contributed by atoms with Crippen molar-refractivity contribution in [1.82, 2.24) is 10.3 Å². The Balaban J connectivity index is 1.81. The zero-order valence-electron chi connectivity index (χ0n) is 13.5. The van der Waals surface area contributed by atoms with Crippen LogP contribution in [0.1, 0.15) is 22.9 Å². The van der Waals surface area contributed by atoms with E-state index >= 15 is 0 Å². The van der Waals surface area contributed by atoms with Gasteiger partial charge in [-0.1, -0.05) is 30.3 Å². The highest BCUT2D eigenvalue weighted by atomic mass is 19.4. The van der Waals surface area contributed by atoms with Gasteiger partial charge in [-0.15, -0.1) is 0 Å². The van der Waals surface area contributed by atoms with Crippen molar-refractivity contribution in [2.24, 2.45) is 0 Å². The Kier molecular flexibility index (Phi) is 6.53. The fraction of sp³-hybridized carbons (Fsp3) is 0.294. The second-order valence-electron chi connectivity index (χ2n) is 5.42. The van der Waals surface area contributed by atoms with Crippen molar-refractivity contribution in [1.29, 1.82) is 0 Å². The molecule has 9 heteroatoms. The lowest BCUT2D eigenvalue weighted by Crippen LogP contribution is -2.36. The van der Waals surface area contributed by atoms with Gasteiger partial charge in [0.25, 0.3) is 0 Å². The number of benzene rings is 1. The molecule has 3 N–H and O–H groups in total. The van der Waals surface area contributed by atoms with Gasteiger partial charge >= 0.3 is 12.3 Å². The summed E-state index contributed by atoms with van der Waals surface area (Å²) in [6.07, 6.45) is -7.82. The number of hydrogen-bond donors (Lipinski definition) is 3. The maximum atomic E-state index is 12.5. The largest absolute Gasteiger partial charge is 0.445 e. The quantitative estimate of drug-likeness (QED) is 0.726. The molecule has 0 bridgehead atoms. The highest BCUT2D eigenvalue weighted by Crippen LogP contribution is 2.29. The van der Waals surface area contributed by atoms with E-state index in [1.807, 2.05) is 6.07 Å². The fourth-order valence-corrected chi connectivity index (χ4v) is 2.02. The molecule has 0 radical (unpaired) electrons. The number of hydrogen-bond acceptors (Lipinski definition) is 5. The van der Waals surface area contributed by atoms with Crippen LogP contribution in [0.3, 0.4) is 0 Å². The molecule has 140 valence electrons. The zero-order chi connectivity index (χ0) is 19.2. The first-order valence-corrected chi connectivity index (χ1v) is 7.61. The number of alkyl halides is 3. The van der Waals surface area contributed by atoms with Crippen molar-refractivity contribution in [3.63, 3.8) is 0 Å². The highest BCUT2D eigenvalue weighted by Gasteiger charge is 2.31. The smallest absolute Gasteiger partial charge is 0.417 e. The second kappa shape index (κ2) is 8.63. The molecule has 1 amide bonds. The van der Waals surface area contributed by atoms with Gasteiger partial charge < -0.3 is 20.3 Å². The number of nitrogens with one attached hydrogen (secondary N) is 1. The summed E-state index contributed by atoms with van der Waals surface area (Å²) in [6.45, 7) is -0.330. The number of nitrogens with zero attached hydrogens (tertiary/aromatic N) is 1. The van der Waals surface area contributed by atoms with Crippen LogP contribution in [0.5, 0.6) is 0 Å². The fourth-order valence-electron chi connectivity index (χ4n) is 2.02. The highest BCUT2D eigenvalue weighted by molar-refractivity contribution is 5.67. The standard InChI is InChI=1S/C17H17F3N2O4/c18-17(19,20)12-6-7-13(21-8-12)15(24)14(23)9-22-16(25)26-10-11-4-2-1-3-5-11/h1-8,14-15,23-24H,9-10H2,(H,22,25). The lowest BCUT2D eigenvalue weighted by atomic mass is 10.1. The number of aliphatic hydroxyl groups is 2. The Morgan fingerprint density at radius 2 is 1.85 bits per heavy atom. The number of ether oxygens (including phenoxy) is 1. The first-order valence-electron chi connectivity index (χ1n) is 7.61. The van der Waals surface area contributed by atoms with E-state index in [1.165, 1.54) is 0 Å². The summed E-state index contributed by atoms with van der Waals surface area (Å²) in [5, 5.41) is 22.0. The molecule has 1 heterocycles. The maximum absolute atomic E-state index is 12.5. The van der Waals surface area contributed by atoms with Crippen molar-refractivity contribution >= 4 is 6.09 Å². The molecular weight excluding hydrogens is 353 g/mol. The average Bonchev–Trinajstić information content (AvgIpc) is 2.64. The predicted molar refractivity (Wildman–Crippen MR) is 84.8 cm³/mol. The molecule has 0 aliphatic carbocycles. The van der Waals surface area contributed by atoms with Crippen LogP contribution < -0.4 is 5.32 Å². The van der Waals surface area contributed by atoms with Crippen LogP contribution >= 0.6 is 0 Å². The van der Waals surface area contributed by atoms with Crippen molar-refractivity contribution in [2.45, 2.75) is 25.0 Å². The van der Waals surface area contributed by atoms with Gasteiger partial charge in [-0.05, 0) is 17.7 Å². The summed E-state index contributed by atoms with van der Waals surface area (Å²) in [5.74, 6) is 0. The number of halogens is 3. The Morgan fingerprint density at radius 3 is 2.42 bits per heavy atom. The van der Waals surface area contributed by atoms with Crippen LogP contribution in [-0.4, -0.2) is 33.9 Å². The van der Waals surface area contributed by atoms with Gasteiger partial charge in [0.05, 0.1) is 11.3 Å². The Bertz CT molecular complexity index is 708. The Morgan fingerprint density at radius 1 is 1.15 bits per heavy atom. The van der Waals surface area contributed by atoms with Crippen molar-refractivity contribution in [3.05, 3.63) is 65.5 Å². The van der Waals surface area contributed by atoms with Gasteiger partial charge in [-0.3, -0.25) is 4.98 Å². The SMILES string of the molecule is O=C(NCC(O)C(O)c1ccc(C(F)(F)F)cn1)OCc1ccccc1. The minimum atomic E-state index is -4.54. The molecule has 2 rings (SSSR count). The number of carbonyl (C=O) groups excluding carboxylic acids is 1. The van der Waals surface area contributed by atoms with Crippen LogP contribution in [-0.2, 0) is 17.5 Å². The minimum absolute atomic E-state index is 0.0335. The van der Waals surface area contributed by atoms with E-state index in [0.717, 1.165) is 17.7 Å². The van der Waals surface area contributed by atoms with Gasteiger partial charge in [0.2, 0.25) is 0 Å². The van der Waals surface area contributed by atoms with E-state index in [0.29, 0.717) is 6.20 Å². The molecule has 0 fully saturated rings. The van der Waals surface area contributed by atoms with Gasteiger partial charge in [-0.2, -0.15) is 13.2 Å². The third-order valence-corrected chi connectivity index (χ3v) is 3.45. The van der Waals surface area contributed by atoms with Crippen LogP contribution in [0.2, 0.25) is 0 Å². The number of carbonyl (C=O) groups is 1. The molecule has 1 aromatic carbocycles. The summed E-state index contributed by atoms with van der Waals surface area (Å²) >= 11 is 0. The van der Waals surface area contributed by atoms with Crippen molar-refractivity contribution in [3.8, 4) is 0 Å². The summed E-state index contributed by atoms with van der Waals surface area (Å²) in [4.78, 5) is 15.1. The molecule has 6 nitrogen and oxygen atoms in total. The van der Waals surface area contributed by atoms with E-state index in [-0.39, 0.29) is 18.8 Å². The first-order chi connectivity index (χ1) is 12.3. The summed E-state index contributed by atoms with van der Waals surface area (Å²) < 4.78 is 42.3. The molecule has 26 heavy (non-hydrogen) atoms. The van der Waals surface area contributed by atoms with E-state index in [2.05, 4.69) is 10.3 Å². The maximum Gasteiger partial charge on any atom is 0.417 e. The van der Waals surface area contributed by atoms with Crippen molar-refractivity contribution in [2.75, 3.05) is 6.54 Å². The third-order valence-electron chi connectivity index (χ3n) is 3.45. The van der Waals surface area contributed by atoms with Crippen LogP contribution in [0.25, 0.3) is 0 Å². The Hall–Kier alpha value is -2.65. The number of amides is 1. The van der Waals surface area contributed by atoms with E-state index in [1.54, 1.807) is 24.3 Å². The van der Waals surface area contributed by atoms with E-state index in [4.69, 9.17) is 4.74 Å². The monoisotopic (exact) mass is 370 g/mol. The van der Waals surface area contributed by atoms with Gasteiger partial charge in [0.1, 0.15) is 18.8 Å². The summed E-state index contributed by atoms with van der Waals surface area (Å²) in [6, 6.07) is 10.6. The molecule has 2 unspecified atom stereocenters. The van der Waals surface area contributed by atoms with Gasteiger partial charge in [-0.25, -0.2) is 4.79 Å². The first kappa shape index (κ1) is 19.7. The zero-order valence-corrected chi connectivity index (χ0v) is 13.5. The minimum Gasteiger partial charge on any atom is -0.445 e. The number of alkyl carbamates (subject to hydrolysis) is 1. The average molecular weight is 370 g/mol. The van der Waals surface area contributed by atoms with E-state index < -0.39 is 30.0 Å². The molecule has 0 aliphatic heterocycles. The molecule has 2 atom stereocenters. The molecule has 1 aromatic heterocycles. The number of pyridine rings is 1. The third kappa shape index (κ3) is 5.71. The molecule has 0 saturated heterocycles. The number of aromatic nitrogens is 1. The normalized spacial score (nSPS) is 13.7. The molecule has 0 aliphatic rings. The van der Waals surface area contributed by atoms with Crippen LogP contribution in [0, 0.1) is 0 Å². The van der Waals surface area contributed by atoms with E-state index in [9.17, 15) is 28.2 Å². The van der Waals surface area contributed by atoms with Crippen LogP contribution in [0.15, 0.2) is 48.7 Å². The summed E-state index contributed by atoms with van der Waals surface area (Å²) in [7, 11) is 0. The molecule has 0 spiro atoms. The second-order valence-corrected chi connectivity index (χ2v) is 5.42. The van der Waals surface area contributed by atoms with Gasteiger partial charge in [0, 0.05) is 12.7 Å². The number of aliphatic hydroxyl groups excluding tert-OH is 2. The lowest BCUT2D eigenvalue weighted by Gasteiger charge is -2.18. The molecule has 0 saturated carbocycles.